The summed E-state index contributed by atoms with van der Waals surface area (Å²) in [6, 6.07) is 9.97. The van der Waals surface area contributed by atoms with E-state index in [2.05, 4.69) is 5.10 Å². The SMILES string of the molecule is Cc1nn(-c2ccccc2)pc1P(Cl)Cl. The minimum absolute atomic E-state index is 0.927. The monoisotopic (exact) mass is 276 g/mol. The van der Waals surface area contributed by atoms with Crippen molar-refractivity contribution in [1.29, 1.82) is 0 Å². The Morgan fingerprint density at radius 3 is 2.47 bits per heavy atom. The Hall–Kier alpha value is -0.130. The summed E-state index contributed by atoms with van der Waals surface area (Å²) >= 11 is 11.8. The van der Waals surface area contributed by atoms with Gasteiger partial charge < -0.3 is 0 Å². The minimum Gasteiger partial charge on any atom is -0.215 e. The van der Waals surface area contributed by atoms with Crippen molar-refractivity contribution in [3.63, 3.8) is 0 Å². The summed E-state index contributed by atoms with van der Waals surface area (Å²) in [6.45, 7) is 0.854. The zero-order chi connectivity index (χ0) is 10.8. The molecular formula is C9H8Cl2N2P2. The Morgan fingerprint density at radius 2 is 1.93 bits per heavy atom. The van der Waals surface area contributed by atoms with Crippen LogP contribution in [0.3, 0.4) is 0 Å². The summed E-state index contributed by atoms with van der Waals surface area (Å²) < 4.78 is 1.89. The molecule has 0 radical (unpaired) electrons. The van der Waals surface area contributed by atoms with E-state index in [0.717, 1.165) is 24.8 Å². The fourth-order valence-electron chi connectivity index (χ4n) is 1.20. The maximum atomic E-state index is 5.91. The zero-order valence-electron chi connectivity index (χ0n) is 7.93. The Bertz CT molecular complexity index is 456. The minimum atomic E-state index is -1.08. The number of benzene rings is 1. The van der Waals surface area contributed by atoms with Gasteiger partial charge in [-0.05, 0) is 19.1 Å². The first-order valence-corrected chi connectivity index (χ1v) is 8.29. The number of halogens is 2. The van der Waals surface area contributed by atoms with Gasteiger partial charge in [-0.15, -0.1) is 0 Å². The number of para-hydroxylation sites is 1. The lowest BCUT2D eigenvalue weighted by Crippen LogP contribution is -1.92. The second kappa shape index (κ2) is 4.80. The number of hydrogen-bond donors (Lipinski definition) is 0. The van der Waals surface area contributed by atoms with Crippen LogP contribution in [0.5, 0.6) is 0 Å². The average Bonchev–Trinajstić information content (AvgIpc) is 2.62. The van der Waals surface area contributed by atoms with Gasteiger partial charge in [0.2, 0.25) is 0 Å². The van der Waals surface area contributed by atoms with Gasteiger partial charge in [0.1, 0.15) is 6.63 Å². The molecule has 0 saturated carbocycles. The molecule has 0 N–H and O–H groups in total. The van der Waals surface area contributed by atoms with E-state index in [1.807, 2.05) is 41.7 Å². The molecule has 0 amide bonds. The van der Waals surface area contributed by atoms with Crippen molar-refractivity contribution in [3.8, 4) is 5.69 Å². The molecule has 0 spiro atoms. The third-order valence-corrected chi connectivity index (χ3v) is 6.16. The van der Waals surface area contributed by atoms with Crippen molar-refractivity contribution in [1.82, 2.24) is 9.54 Å². The molecule has 0 aliphatic heterocycles. The second-order valence-corrected chi connectivity index (χ2v) is 7.81. The number of nitrogens with zero attached hydrogens (tertiary/aromatic N) is 2. The first kappa shape index (κ1) is 11.4. The standard InChI is InChI=1S/C9H8Cl2N2P2/c1-7-9(15(10)11)14-13(12-7)8-5-3-2-4-6-8/h2-6H,1H3. The highest BCUT2D eigenvalue weighted by Gasteiger charge is 2.13. The number of hydrogen-bond acceptors (Lipinski definition) is 1. The van der Waals surface area contributed by atoms with Gasteiger partial charge in [0.15, 0.2) is 0 Å². The molecule has 15 heavy (non-hydrogen) atoms. The van der Waals surface area contributed by atoms with Crippen molar-refractivity contribution < 1.29 is 0 Å². The molecule has 2 nitrogen and oxygen atoms in total. The first-order chi connectivity index (χ1) is 7.18. The summed E-state index contributed by atoms with van der Waals surface area (Å²) in [6.07, 6.45) is 0. The molecule has 6 heteroatoms. The molecule has 1 heterocycles. The smallest absolute Gasteiger partial charge is 0.125 e. The van der Waals surface area contributed by atoms with Gasteiger partial charge in [0, 0.05) is 0 Å². The van der Waals surface area contributed by atoms with Crippen molar-refractivity contribution in [2.75, 3.05) is 0 Å². The molecule has 2 rings (SSSR count). The van der Waals surface area contributed by atoms with Crippen molar-refractivity contribution >= 4 is 42.5 Å². The molecule has 0 bridgehead atoms. The summed E-state index contributed by atoms with van der Waals surface area (Å²) in [7, 11) is 0.966. The van der Waals surface area contributed by atoms with Crippen LogP contribution in [0.25, 0.3) is 5.69 Å². The van der Waals surface area contributed by atoms with E-state index in [4.69, 9.17) is 22.5 Å². The maximum Gasteiger partial charge on any atom is 0.125 e. The van der Waals surface area contributed by atoms with Crippen LogP contribution in [0, 0.1) is 6.92 Å². The molecule has 0 unspecified atom stereocenters. The Kier molecular flexibility index (Phi) is 3.64. The number of rotatable bonds is 2. The van der Waals surface area contributed by atoms with E-state index in [1.54, 1.807) is 0 Å². The van der Waals surface area contributed by atoms with Crippen molar-refractivity contribution in [3.05, 3.63) is 36.0 Å². The van der Waals surface area contributed by atoms with Gasteiger partial charge in [-0.3, -0.25) is 0 Å². The molecule has 0 aliphatic carbocycles. The first-order valence-electron chi connectivity index (χ1n) is 4.29. The van der Waals surface area contributed by atoms with Crippen LogP contribution in [-0.4, -0.2) is 9.54 Å². The Labute approximate surface area is 101 Å². The molecule has 2 aromatic rings. The summed E-state index contributed by atoms with van der Waals surface area (Å²) in [4.78, 5) is 0. The predicted molar refractivity (Wildman–Crippen MR) is 69.1 cm³/mol. The van der Waals surface area contributed by atoms with Crippen LogP contribution in [-0.2, 0) is 0 Å². The quantitative estimate of drug-likeness (QED) is 0.753. The highest BCUT2D eigenvalue weighted by atomic mass is 35.9. The second-order valence-electron chi connectivity index (χ2n) is 2.97. The van der Waals surface area contributed by atoms with E-state index in [-0.39, 0.29) is 0 Å². The lowest BCUT2D eigenvalue weighted by Gasteiger charge is -1.97. The largest absolute Gasteiger partial charge is 0.215 e. The van der Waals surface area contributed by atoms with Crippen LogP contribution < -0.4 is 5.04 Å². The molecule has 0 saturated heterocycles. The van der Waals surface area contributed by atoms with E-state index >= 15 is 0 Å². The fourth-order valence-corrected chi connectivity index (χ4v) is 4.16. The molecule has 1 aromatic carbocycles. The number of aromatic nitrogens is 2. The maximum absolute atomic E-state index is 5.91. The van der Waals surface area contributed by atoms with Crippen LogP contribution >= 0.6 is 37.5 Å². The molecule has 0 fully saturated rings. The zero-order valence-corrected chi connectivity index (χ0v) is 11.2. The third-order valence-electron chi connectivity index (χ3n) is 1.91. The van der Waals surface area contributed by atoms with Gasteiger partial charge >= 0.3 is 0 Å². The van der Waals surface area contributed by atoms with Crippen LogP contribution in [0.1, 0.15) is 5.69 Å². The van der Waals surface area contributed by atoms with Crippen LogP contribution in [0.15, 0.2) is 30.3 Å². The molecule has 78 valence electrons. The average molecular weight is 277 g/mol. The van der Waals surface area contributed by atoms with Crippen LogP contribution in [0.2, 0.25) is 0 Å². The molecule has 0 aliphatic rings. The van der Waals surface area contributed by atoms with Crippen molar-refractivity contribution in [2.45, 2.75) is 6.92 Å². The van der Waals surface area contributed by atoms with Gasteiger partial charge in [-0.1, -0.05) is 40.7 Å². The van der Waals surface area contributed by atoms with Gasteiger partial charge in [-0.2, -0.15) is 5.10 Å². The van der Waals surface area contributed by atoms with Crippen molar-refractivity contribution in [2.24, 2.45) is 0 Å². The van der Waals surface area contributed by atoms with E-state index < -0.39 is 6.63 Å². The predicted octanol–water partition coefficient (Wildman–Crippen LogP) is 4.18. The topological polar surface area (TPSA) is 17.8 Å². The highest BCUT2D eigenvalue weighted by Crippen LogP contribution is 2.48. The molecular weight excluding hydrogens is 269 g/mol. The molecule has 1 aromatic heterocycles. The van der Waals surface area contributed by atoms with E-state index in [1.165, 1.54) is 0 Å². The third kappa shape index (κ3) is 2.52. The van der Waals surface area contributed by atoms with E-state index in [9.17, 15) is 0 Å². The van der Waals surface area contributed by atoms with Crippen LogP contribution in [0.4, 0.5) is 0 Å². The Morgan fingerprint density at radius 1 is 1.27 bits per heavy atom. The Balaban J connectivity index is 2.43. The summed E-state index contributed by atoms with van der Waals surface area (Å²) in [5, 5.41) is 5.42. The van der Waals surface area contributed by atoms with Gasteiger partial charge in [0.05, 0.1) is 24.8 Å². The normalized spacial score (nSPS) is 11.5. The lowest BCUT2D eigenvalue weighted by atomic mass is 10.3. The number of aryl methyl sites for hydroxylation is 1. The van der Waals surface area contributed by atoms with Gasteiger partial charge in [-0.25, -0.2) is 4.44 Å². The van der Waals surface area contributed by atoms with Gasteiger partial charge in [0.25, 0.3) is 0 Å². The summed E-state index contributed by atoms with van der Waals surface area (Å²) in [5.41, 5.74) is 1.98. The lowest BCUT2D eigenvalue weighted by molar-refractivity contribution is 0.929. The van der Waals surface area contributed by atoms with E-state index in [0.29, 0.717) is 0 Å². The molecule has 0 atom stereocenters. The summed E-state index contributed by atoms with van der Waals surface area (Å²) in [5.74, 6) is 0. The fraction of sp³-hybridized carbons (Fsp3) is 0.111. The highest BCUT2D eigenvalue weighted by molar-refractivity contribution is 8.11.